The summed E-state index contributed by atoms with van der Waals surface area (Å²) in [5, 5.41) is 8.63. The molecule has 0 aliphatic rings. The van der Waals surface area contributed by atoms with Crippen molar-refractivity contribution >= 4 is 27.5 Å². The third-order valence-corrected chi connectivity index (χ3v) is 3.37. The molecule has 0 amide bonds. The van der Waals surface area contributed by atoms with E-state index >= 15 is 0 Å². The molecule has 0 radical (unpaired) electrons. The average Bonchev–Trinajstić information content (AvgIpc) is 2.70. The van der Waals surface area contributed by atoms with Gasteiger partial charge in [-0.1, -0.05) is 11.6 Å². The quantitative estimate of drug-likeness (QED) is 0.847. The van der Waals surface area contributed by atoms with Gasteiger partial charge in [-0.25, -0.2) is 0 Å². The minimum Gasteiger partial charge on any atom is -0.314 e. The van der Waals surface area contributed by atoms with E-state index in [4.69, 9.17) is 11.6 Å². The summed E-state index contributed by atoms with van der Waals surface area (Å²) in [5.41, 5.74) is 0.975. The SMILES string of the molecule is CCn1cnnc1-c1ccc(Br)c(Cl)c1. The zero-order chi connectivity index (χ0) is 10.8. The highest BCUT2D eigenvalue weighted by atomic mass is 79.9. The van der Waals surface area contributed by atoms with Gasteiger partial charge in [-0.2, -0.15) is 0 Å². The number of aryl methyl sites for hydroxylation is 1. The van der Waals surface area contributed by atoms with Gasteiger partial charge < -0.3 is 4.57 Å². The summed E-state index contributed by atoms with van der Waals surface area (Å²) in [6, 6.07) is 5.75. The van der Waals surface area contributed by atoms with E-state index in [1.165, 1.54) is 0 Å². The Labute approximate surface area is 101 Å². The molecule has 2 aromatic rings. The fourth-order valence-corrected chi connectivity index (χ4v) is 1.77. The lowest BCUT2D eigenvalue weighted by Crippen LogP contribution is -1.95. The highest BCUT2D eigenvalue weighted by molar-refractivity contribution is 9.10. The van der Waals surface area contributed by atoms with Crippen LogP contribution in [0.5, 0.6) is 0 Å². The molecule has 0 saturated heterocycles. The highest BCUT2D eigenvalue weighted by Gasteiger charge is 2.07. The van der Waals surface area contributed by atoms with Crippen molar-refractivity contribution < 1.29 is 0 Å². The molecule has 1 aromatic carbocycles. The van der Waals surface area contributed by atoms with Crippen molar-refractivity contribution in [2.24, 2.45) is 0 Å². The Balaban J connectivity index is 2.50. The van der Waals surface area contributed by atoms with Gasteiger partial charge in [0.1, 0.15) is 6.33 Å². The van der Waals surface area contributed by atoms with Crippen LogP contribution in [-0.4, -0.2) is 14.8 Å². The predicted octanol–water partition coefficient (Wildman–Crippen LogP) is 3.38. The van der Waals surface area contributed by atoms with E-state index in [0.717, 1.165) is 22.4 Å². The smallest absolute Gasteiger partial charge is 0.163 e. The lowest BCUT2D eigenvalue weighted by atomic mass is 10.2. The molecular formula is C10H9BrClN3. The molecule has 2 rings (SSSR count). The number of rotatable bonds is 2. The molecule has 0 atom stereocenters. The van der Waals surface area contributed by atoms with Crippen molar-refractivity contribution in [3.8, 4) is 11.4 Å². The lowest BCUT2D eigenvalue weighted by molar-refractivity contribution is 0.767. The molecule has 0 spiro atoms. The summed E-state index contributed by atoms with van der Waals surface area (Å²) < 4.78 is 2.86. The van der Waals surface area contributed by atoms with Gasteiger partial charge in [0.25, 0.3) is 0 Å². The summed E-state index contributed by atoms with van der Waals surface area (Å²) in [5.74, 6) is 0.840. The molecular weight excluding hydrogens is 277 g/mol. The predicted molar refractivity (Wildman–Crippen MR) is 63.8 cm³/mol. The number of benzene rings is 1. The van der Waals surface area contributed by atoms with Gasteiger partial charge in [-0.15, -0.1) is 10.2 Å². The Kier molecular flexibility index (Phi) is 3.07. The Morgan fingerprint density at radius 3 is 2.93 bits per heavy atom. The molecule has 78 valence electrons. The number of nitrogens with zero attached hydrogens (tertiary/aromatic N) is 3. The molecule has 0 fully saturated rings. The maximum absolute atomic E-state index is 6.02. The molecule has 0 N–H and O–H groups in total. The van der Waals surface area contributed by atoms with Crippen LogP contribution in [0.4, 0.5) is 0 Å². The van der Waals surface area contributed by atoms with Gasteiger partial charge in [0, 0.05) is 16.6 Å². The minimum atomic E-state index is 0.679. The van der Waals surface area contributed by atoms with Gasteiger partial charge in [0.2, 0.25) is 0 Å². The van der Waals surface area contributed by atoms with Crippen LogP contribution < -0.4 is 0 Å². The topological polar surface area (TPSA) is 30.7 Å². The summed E-state index contributed by atoms with van der Waals surface area (Å²) in [6.45, 7) is 2.89. The van der Waals surface area contributed by atoms with Gasteiger partial charge in [0.15, 0.2) is 5.82 Å². The second-order valence-corrected chi connectivity index (χ2v) is 4.33. The van der Waals surface area contributed by atoms with Crippen LogP contribution in [0.3, 0.4) is 0 Å². The van der Waals surface area contributed by atoms with E-state index in [0.29, 0.717) is 5.02 Å². The summed E-state index contributed by atoms with van der Waals surface area (Å²) in [7, 11) is 0. The van der Waals surface area contributed by atoms with Crippen LogP contribution in [0.2, 0.25) is 5.02 Å². The van der Waals surface area contributed by atoms with Crippen molar-refractivity contribution in [2.45, 2.75) is 13.5 Å². The van der Waals surface area contributed by atoms with Gasteiger partial charge in [0.05, 0.1) is 5.02 Å². The second kappa shape index (κ2) is 4.33. The van der Waals surface area contributed by atoms with Crippen LogP contribution in [0.25, 0.3) is 11.4 Å². The molecule has 15 heavy (non-hydrogen) atoms. The van der Waals surface area contributed by atoms with E-state index in [2.05, 4.69) is 26.1 Å². The summed E-state index contributed by atoms with van der Waals surface area (Å²) in [4.78, 5) is 0. The first-order chi connectivity index (χ1) is 7.22. The first kappa shape index (κ1) is 10.6. The average molecular weight is 287 g/mol. The maximum Gasteiger partial charge on any atom is 0.163 e. The molecule has 5 heteroatoms. The van der Waals surface area contributed by atoms with Crippen LogP contribution in [0.15, 0.2) is 29.0 Å². The fraction of sp³-hybridized carbons (Fsp3) is 0.200. The standard InChI is InChI=1S/C10H9BrClN3/c1-2-15-6-13-14-10(15)7-3-4-8(11)9(12)5-7/h3-6H,2H2,1H3. The summed E-state index contributed by atoms with van der Waals surface area (Å²) in [6.07, 6.45) is 1.71. The van der Waals surface area contributed by atoms with Gasteiger partial charge >= 0.3 is 0 Å². The Morgan fingerprint density at radius 1 is 1.47 bits per heavy atom. The van der Waals surface area contributed by atoms with Crippen LogP contribution in [-0.2, 0) is 6.54 Å². The van der Waals surface area contributed by atoms with E-state index in [1.807, 2.05) is 29.7 Å². The Hall–Kier alpha value is -0.870. The third-order valence-electron chi connectivity index (χ3n) is 2.13. The van der Waals surface area contributed by atoms with Crippen LogP contribution >= 0.6 is 27.5 Å². The zero-order valence-corrected chi connectivity index (χ0v) is 10.5. The first-order valence-electron chi connectivity index (χ1n) is 4.55. The van der Waals surface area contributed by atoms with Crippen LogP contribution in [0.1, 0.15) is 6.92 Å². The molecule has 3 nitrogen and oxygen atoms in total. The number of hydrogen-bond donors (Lipinski definition) is 0. The lowest BCUT2D eigenvalue weighted by Gasteiger charge is -2.04. The van der Waals surface area contributed by atoms with Gasteiger partial charge in [-0.05, 0) is 41.1 Å². The summed E-state index contributed by atoms with van der Waals surface area (Å²) >= 11 is 9.38. The van der Waals surface area contributed by atoms with E-state index < -0.39 is 0 Å². The molecule has 1 heterocycles. The normalized spacial score (nSPS) is 10.6. The van der Waals surface area contributed by atoms with Crippen molar-refractivity contribution in [3.63, 3.8) is 0 Å². The number of hydrogen-bond acceptors (Lipinski definition) is 2. The van der Waals surface area contributed by atoms with Crippen molar-refractivity contribution in [2.75, 3.05) is 0 Å². The van der Waals surface area contributed by atoms with E-state index in [9.17, 15) is 0 Å². The van der Waals surface area contributed by atoms with E-state index in [1.54, 1.807) is 6.33 Å². The number of aromatic nitrogens is 3. The maximum atomic E-state index is 6.02. The molecule has 0 bridgehead atoms. The van der Waals surface area contributed by atoms with Crippen molar-refractivity contribution in [1.29, 1.82) is 0 Å². The molecule has 0 unspecified atom stereocenters. The van der Waals surface area contributed by atoms with Crippen molar-refractivity contribution in [1.82, 2.24) is 14.8 Å². The minimum absolute atomic E-state index is 0.679. The molecule has 0 aliphatic heterocycles. The molecule has 1 aromatic heterocycles. The van der Waals surface area contributed by atoms with Crippen molar-refractivity contribution in [3.05, 3.63) is 34.0 Å². The van der Waals surface area contributed by atoms with Gasteiger partial charge in [-0.3, -0.25) is 0 Å². The monoisotopic (exact) mass is 285 g/mol. The van der Waals surface area contributed by atoms with E-state index in [-0.39, 0.29) is 0 Å². The Bertz CT molecular complexity index is 481. The Morgan fingerprint density at radius 2 is 2.27 bits per heavy atom. The van der Waals surface area contributed by atoms with Crippen LogP contribution in [0, 0.1) is 0 Å². The largest absolute Gasteiger partial charge is 0.314 e. The first-order valence-corrected chi connectivity index (χ1v) is 5.72. The second-order valence-electron chi connectivity index (χ2n) is 3.07. The molecule has 0 aliphatic carbocycles. The number of halogens is 2. The highest BCUT2D eigenvalue weighted by Crippen LogP contribution is 2.27. The third kappa shape index (κ3) is 2.06. The zero-order valence-electron chi connectivity index (χ0n) is 8.11. The molecule has 0 saturated carbocycles. The fourth-order valence-electron chi connectivity index (χ4n) is 1.35.